The lowest BCUT2D eigenvalue weighted by molar-refractivity contribution is 0.0876. The molecule has 0 aliphatic rings. The fraction of sp³-hybridized carbons (Fsp3) is 0.455. The van der Waals surface area contributed by atoms with Gasteiger partial charge in [0.25, 0.3) is 0 Å². The molecule has 0 spiro atoms. The number of anilines is 1. The summed E-state index contributed by atoms with van der Waals surface area (Å²) in [4.78, 5) is 0.159. The van der Waals surface area contributed by atoms with Crippen LogP contribution in [0.25, 0.3) is 0 Å². The van der Waals surface area contributed by atoms with Crippen molar-refractivity contribution in [2.24, 2.45) is 0 Å². The van der Waals surface area contributed by atoms with Gasteiger partial charge in [-0.15, -0.1) is 0 Å². The summed E-state index contributed by atoms with van der Waals surface area (Å²) in [5.74, 6) is 0. The fourth-order valence-corrected chi connectivity index (χ4v) is 2.55. The standard InChI is InChI=1S/C11H18N2O4S/c1-13(5-7-17-8-6-14)18(15,16)11-4-2-3-10(12)9-11/h2-4,9,14H,5-8,12H2,1H3. The van der Waals surface area contributed by atoms with Crippen LogP contribution in [-0.2, 0) is 14.8 Å². The largest absolute Gasteiger partial charge is 0.399 e. The molecule has 3 N–H and O–H groups in total. The van der Waals surface area contributed by atoms with Crippen LogP contribution in [0.15, 0.2) is 29.2 Å². The molecule has 7 heteroatoms. The van der Waals surface area contributed by atoms with E-state index in [0.29, 0.717) is 5.69 Å². The van der Waals surface area contributed by atoms with E-state index in [1.165, 1.54) is 23.5 Å². The number of rotatable bonds is 7. The van der Waals surface area contributed by atoms with Crippen molar-refractivity contribution in [1.29, 1.82) is 0 Å². The van der Waals surface area contributed by atoms with Crippen molar-refractivity contribution in [2.45, 2.75) is 4.90 Å². The van der Waals surface area contributed by atoms with Crippen molar-refractivity contribution in [2.75, 3.05) is 39.1 Å². The molecule has 0 heterocycles. The molecule has 102 valence electrons. The molecule has 1 aromatic carbocycles. The monoisotopic (exact) mass is 274 g/mol. The second kappa shape index (κ2) is 6.69. The molecule has 0 saturated carbocycles. The van der Waals surface area contributed by atoms with E-state index in [4.69, 9.17) is 15.6 Å². The zero-order valence-electron chi connectivity index (χ0n) is 10.2. The average molecular weight is 274 g/mol. The number of nitrogen functional groups attached to an aromatic ring is 1. The first-order valence-electron chi connectivity index (χ1n) is 5.49. The smallest absolute Gasteiger partial charge is 0.242 e. The van der Waals surface area contributed by atoms with Gasteiger partial charge in [0.1, 0.15) is 0 Å². The molecule has 0 bridgehead atoms. The molecule has 1 aromatic rings. The van der Waals surface area contributed by atoms with Gasteiger partial charge in [-0.2, -0.15) is 4.31 Å². The first-order valence-corrected chi connectivity index (χ1v) is 6.93. The minimum absolute atomic E-state index is 0.0777. The molecular formula is C11H18N2O4S. The molecule has 1 rings (SSSR count). The van der Waals surface area contributed by atoms with E-state index in [0.717, 1.165) is 0 Å². The summed E-state index contributed by atoms with van der Waals surface area (Å²) >= 11 is 0. The summed E-state index contributed by atoms with van der Waals surface area (Å²) in [5.41, 5.74) is 5.96. The van der Waals surface area contributed by atoms with E-state index in [9.17, 15) is 8.42 Å². The van der Waals surface area contributed by atoms with Gasteiger partial charge in [0.15, 0.2) is 0 Å². The number of hydrogen-bond acceptors (Lipinski definition) is 5. The minimum atomic E-state index is -3.54. The first-order chi connectivity index (χ1) is 8.48. The number of hydrogen-bond donors (Lipinski definition) is 2. The number of aliphatic hydroxyl groups is 1. The van der Waals surface area contributed by atoms with Crippen molar-refractivity contribution >= 4 is 15.7 Å². The van der Waals surface area contributed by atoms with Gasteiger partial charge < -0.3 is 15.6 Å². The van der Waals surface area contributed by atoms with Crippen LogP contribution in [0.5, 0.6) is 0 Å². The first kappa shape index (κ1) is 14.9. The Balaban J connectivity index is 2.68. The van der Waals surface area contributed by atoms with Gasteiger partial charge in [-0.3, -0.25) is 0 Å². The van der Waals surface area contributed by atoms with E-state index in [1.807, 2.05) is 0 Å². The van der Waals surface area contributed by atoms with Crippen LogP contribution in [0.3, 0.4) is 0 Å². The molecule has 6 nitrogen and oxygen atoms in total. The maximum atomic E-state index is 12.1. The molecule has 0 unspecified atom stereocenters. The Hall–Kier alpha value is -1.15. The highest BCUT2D eigenvalue weighted by Gasteiger charge is 2.20. The second-order valence-corrected chi connectivity index (χ2v) is 5.78. The molecule has 0 atom stereocenters. The van der Waals surface area contributed by atoms with E-state index in [1.54, 1.807) is 12.1 Å². The zero-order chi connectivity index (χ0) is 13.6. The molecule has 0 fully saturated rings. The van der Waals surface area contributed by atoms with E-state index in [-0.39, 0.29) is 31.3 Å². The van der Waals surface area contributed by atoms with Gasteiger partial charge in [-0.1, -0.05) is 6.07 Å². The highest BCUT2D eigenvalue weighted by atomic mass is 32.2. The Labute approximate surface area is 107 Å². The maximum Gasteiger partial charge on any atom is 0.242 e. The summed E-state index contributed by atoms with van der Waals surface area (Å²) in [6, 6.07) is 6.14. The molecule has 0 aromatic heterocycles. The van der Waals surface area contributed by atoms with Crippen LogP contribution in [0.4, 0.5) is 5.69 Å². The third kappa shape index (κ3) is 3.95. The Morgan fingerprint density at radius 2 is 2.11 bits per heavy atom. The lowest BCUT2D eigenvalue weighted by Crippen LogP contribution is -2.30. The van der Waals surface area contributed by atoms with Crippen LogP contribution in [-0.4, -0.2) is 51.2 Å². The van der Waals surface area contributed by atoms with Gasteiger partial charge in [-0.25, -0.2) is 8.42 Å². The lowest BCUT2D eigenvalue weighted by Gasteiger charge is -2.17. The number of nitrogens with two attached hydrogens (primary N) is 1. The molecule has 0 radical (unpaired) electrons. The predicted octanol–water partition coefficient (Wildman–Crippen LogP) is -0.102. The van der Waals surface area contributed by atoms with Crippen LogP contribution >= 0.6 is 0 Å². The van der Waals surface area contributed by atoms with Gasteiger partial charge in [0.2, 0.25) is 10.0 Å². The highest BCUT2D eigenvalue weighted by Crippen LogP contribution is 2.16. The maximum absolute atomic E-state index is 12.1. The van der Waals surface area contributed by atoms with Gasteiger partial charge in [-0.05, 0) is 18.2 Å². The van der Waals surface area contributed by atoms with Crippen LogP contribution < -0.4 is 5.73 Å². The summed E-state index contributed by atoms with van der Waals surface area (Å²) in [6.45, 7) is 0.577. The highest BCUT2D eigenvalue weighted by molar-refractivity contribution is 7.89. The number of ether oxygens (including phenoxy) is 1. The minimum Gasteiger partial charge on any atom is -0.399 e. The molecule has 0 amide bonds. The van der Waals surface area contributed by atoms with Crippen LogP contribution in [0.1, 0.15) is 0 Å². The summed E-state index contributed by atoms with van der Waals surface area (Å²) in [7, 11) is -2.06. The van der Waals surface area contributed by atoms with E-state index < -0.39 is 10.0 Å². The Bertz CT molecular complexity index is 476. The Morgan fingerprint density at radius 3 is 2.72 bits per heavy atom. The normalized spacial score (nSPS) is 11.9. The fourth-order valence-electron chi connectivity index (χ4n) is 1.33. The average Bonchev–Trinajstić information content (AvgIpc) is 2.34. The SMILES string of the molecule is CN(CCOCCO)S(=O)(=O)c1cccc(N)c1. The van der Waals surface area contributed by atoms with Crippen molar-refractivity contribution in [3.8, 4) is 0 Å². The topological polar surface area (TPSA) is 92.9 Å². The second-order valence-electron chi connectivity index (χ2n) is 3.74. The van der Waals surface area contributed by atoms with Crippen molar-refractivity contribution < 1.29 is 18.3 Å². The number of benzene rings is 1. The third-order valence-electron chi connectivity index (χ3n) is 2.35. The van der Waals surface area contributed by atoms with Crippen molar-refractivity contribution in [3.63, 3.8) is 0 Å². The third-order valence-corrected chi connectivity index (χ3v) is 4.21. The van der Waals surface area contributed by atoms with Crippen LogP contribution in [0, 0.1) is 0 Å². The number of sulfonamides is 1. The zero-order valence-corrected chi connectivity index (χ0v) is 11.1. The van der Waals surface area contributed by atoms with Gasteiger partial charge in [0.05, 0.1) is 24.7 Å². The number of aliphatic hydroxyl groups excluding tert-OH is 1. The van der Waals surface area contributed by atoms with Gasteiger partial charge >= 0.3 is 0 Å². The van der Waals surface area contributed by atoms with Crippen molar-refractivity contribution in [1.82, 2.24) is 4.31 Å². The van der Waals surface area contributed by atoms with E-state index >= 15 is 0 Å². The summed E-state index contributed by atoms with van der Waals surface area (Å²) in [5, 5.41) is 8.53. The predicted molar refractivity (Wildman–Crippen MR) is 68.6 cm³/mol. The quantitative estimate of drug-likeness (QED) is 0.535. The molecule has 0 aliphatic carbocycles. The number of nitrogens with zero attached hydrogens (tertiary/aromatic N) is 1. The lowest BCUT2D eigenvalue weighted by atomic mass is 10.3. The molecule has 0 aliphatic heterocycles. The molecule has 18 heavy (non-hydrogen) atoms. The van der Waals surface area contributed by atoms with Crippen molar-refractivity contribution in [3.05, 3.63) is 24.3 Å². The molecule has 0 saturated heterocycles. The van der Waals surface area contributed by atoms with Gasteiger partial charge in [0, 0.05) is 19.3 Å². The molecular weight excluding hydrogens is 256 g/mol. The summed E-state index contributed by atoms with van der Waals surface area (Å²) < 4.78 is 30.4. The Morgan fingerprint density at radius 1 is 1.39 bits per heavy atom. The van der Waals surface area contributed by atoms with Crippen LogP contribution in [0.2, 0.25) is 0 Å². The summed E-state index contributed by atoms with van der Waals surface area (Å²) in [6.07, 6.45) is 0. The number of likely N-dealkylation sites (N-methyl/N-ethyl adjacent to an activating group) is 1. The Kier molecular flexibility index (Phi) is 5.54. The van der Waals surface area contributed by atoms with E-state index in [2.05, 4.69) is 0 Å².